The predicted octanol–water partition coefficient (Wildman–Crippen LogP) is 9.04. The lowest BCUT2D eigenvalue weighted by atomic mass is 10.1. The predicted molar refractivity (Wildman–Crippen MR) is 144 cm³/mol. The van der Waals surface area contributed by atoms with Crippen molar-refractivity contribution < 1.29 is 22.8 Å². The molecule has 2 atom stereocenters. The van der Waals surface area contributed by atoms with Crippen molar-refractivity contribution in [3.8, 4) is 0 Å². The molecule has 4 rings (SSSR count). The molecule has 3 aromatic rings. The normalized spacial score (nSPS) is 18.3. The van der Waals surface area contributed by atoms with E-state index in [0.29, 0.717) is 15.6 Å². The fraction of sp³-hybridized carbons (Fsp3) is 0.167. The highest BCUT2D eigenvalue weighted by molar-refractivity contribution is 8.00. The molecular formula is C24H14Cl5F3N2O2S. The van der Waals surface area contributed by atoms with E-state index in [2.05, 4.69) is 10.6 Å². The second kappa shape index (κ2) is 10.8. The molecule has 0 radical (unpaired) electrons. The van der Waals surface area contributed by atoms with E-state index in [0.717, 1.165) is 0 Å². The minimum absolute atomic E-state index is 0.0266. The number of benzene rings is 3. The highest BCUT2D eigenvalue weighted by Crippen LogP contribution is 2.65. The van der Waals surface area contributed by atoms with Gasteiger partial charge in [-0.25, -0.2) is 0 Å². The average Bonchev–Trinajstić information content (AvgIpc) is 3.37. The molecule has 3 aromatic carbocycles. The van der Waals surface area contributed by atoms with Gasteiger partial charge in [-0.2, -0.15) is 13.2 Å². The maximum Gasteiger partial charge on any atom is 0.446 e. The Hall–Kier alpha value is -1.81. The van der Waals surface area contributed by atoms with Crippen molar-refractivity contribution in [2.75, 3.05) is 10.6 Å². The quantitative estimate of drug-likeness (QED) is 0.212. The van der Waals surface area contributed by atoms with Crippen LogP contribution in [0.25, 0.3) is 0 Å². The zero-order valence-corrected chi connectivity index (χ0v) is 22.8. The molecule has 1 saturated carbocycles. The van der Waals surface area contributed by atoms with Crippen LogP contribution >= 0.6 is 69.8 Å². The molecule has 1 aliphatic carbocycles. The van der Waals surface area contributed by atoms with Gasteiger partial charge in [0.05, 0.1) is 16.5 Å². The van der Waals surface area contributed by atoms with E-state index in [1.54, 1.807) is 18.2 Å². The van der Waals surface area contributed by atoms with Gasteiger partial charge in [-0.3, -0.25) is 9.59 Å². The molecule has 1 aliphatic rings. The number of anilines is 2. The van der Waals surface area contributed by atoms with Gasteiger partial charge in [0, 0.05) is 32.2 Å². The third-order valence-electron chi connectivity index (χ3n) is 5.40. The molecule has 37 heavy (non-hydrogen) atoms. The van der Waals surface area contributed by atoms with Crippen LogP contribution in [0.4, 0.5) is 24.5 Å². The van der Waals surface area contributed by atoms with Crippen LogP contribution < -0.4 is 10.6 Å². The van der Waals surface area contributed by atoms with Gasteiger partial charge in [0.2, 0.25) is 5.91 Å². The molecule has 0 aromatic heterocycles. The van der Waals surface area contributed by atoms with E-state index in [1.165, 1.54) is 42.5 Å². The Morgan fingerprint density at radius 3 is 2.03 bits per heavy atom. The molecule has 0 unspecified atom stereocenters. The van der Waals surface area contributed by atoms with E-state index in [4.69, 9.17) is 58.0 Å². The zero-order valence-electron chi connectivity index (χ0n) is 18.2. The van der Waals surface area contributed by atoms with Gasteiger partial charge in [-0.15, -0.1) is 23.2 Å². The van der Waals surface area contributed by atoms with Gasteiger partial charge in [0.1, 0.15) is 4.33 Å². The molecule has 2 N–H and O–H groups in total. The summed E-state index contributed by atoms with van der Waals surface area (Å²) >= 11 is 30.8. The smallest absolute Gasteiger partial charge is 0.326 e. The first-order chi connectivity index (χ1) is 17.2. The van der Waals surface area contributed by atoms with Gasteiger partial charge in [0.25, 0.3) is 5.91 Å². The summed E-state index contributed by atoms with van der Waals surface area (Å²) in [7, 11) is 0. The summed E-state index contributed by atoms with van der Waals surface area (Å²) in [5, 5.41) is 6.09. The van der Waals surface area contributed by atoms with Crippen LogP contribution in [0.15, 0.2) is 65.6 Å². The first-order valence-corrected chi connectivity index (χ1v) is 13.1. The van der Waals surface area contributed by atoms with Gasteiger partial charge in [0.15, 0.2) is 0 Å². The lowest BCUT2D eigenvalue weighted by Gasteiger charge is -2.11. The van der Waals surface area contributed by atoms with Crippen molar-refractivity contribution in [3.63, 3.8) is 0 Å². The topological polar surface area (TPSA) is 58.2 Å². The number of carbonyl (C=O) groups is 2. The largest absolute Gasteiger partial charge is 0.446 e. The van der Waals surface area contributed by atoms with Crippen LogP contribution in [0.3, 0.4) is 0 Å². The Bertz CT molecular complexity index is 1350. The number of rotatable bonds is 6. The molecule has 4 nitrogen and oxygen atoms in total. The molecule has 2 amide bonds. The van der Waals surface area contributed by atoms with Crippen molar-refractivity contribution in [2.24, 2.45) is 5.92 Å². The number of alkyl halides is 5. The summed E-state index contributed by atoms with van der Waals surface area (Å²) in [5.41, 5.74) is -3.26. The molecule has 0 aliphatic heterocycles. The van der Waals surface area contributed by atoms with Crippen LogP contribution in [0.1, 0.15) is 21.8 Å². The Morgan fingerprint density at radius 2 is 1.43 bits per heavy atom. The van der Waals surface area contributed by atoms with E-state index in [1.807, 2.05) is 0 Å². The van der Waals surface area contributed by atoms with Gasteiger partial charge in [-0.05, 0) is 78.0 Å². The molecule has 13 heteroatoms. The van der Waals surface area contributed by atoms with Crippen LogP contribution in [-0.4, -0.2) is 21.7 Å². The minimum atomic E-state index is -4.42. The van der Waals surface area contributed by atoms with Gasteiger partial charge < -0.3 is 10.6 Å². The molecule has 0 saturated heterocycles. The van der Waals surface area contributed by atoms with E-state index < -0.39 is 33.5 Å². The summed E-state index contributed by atoms with van der Waals surface area (Å²) < 4.78 is 36.1. The second-order valence-corrected chi connectivity index (χ2v) is 11.9. The molecular weight excluding hydrogens is 615 g/mol. The zero-order chi connectivity index (χ0) is 27.1. The lowest BCUT2D eigenvalue weighted by Crippen LogP contribution is -2.18. The third kappa shape index (κ3) is 6.80. The Balaban J connectivity index is 1.46. The number of amides is 2. The fourth-order valence-corrected chi connectivity index (χ4v) is 5.87. The SMILES string of the molecule is O=C(Nc1ccc(SC(F)(F)F)cc1)c1cc(NC(=O)[C@@H]2[C@@H](c3cc(Cl)cc(Cl)c3)C2(Cl)Cl)ccc1Cl. The molecule has 0 heterocycles. The summed E-state index contributed by atoms with van der Waals surface area (Å²) in [6.45, 7) is 0. The molecule has 194 valence electrons. The number of hydrogen-bond acceptors (Lipinski definition) is 3. The van der Waals surface area contributed by atoms with E-state index in [9.17, 15) is 22.8 Å². The van der Waals surface area contributed by atoms with Crippen molar-refractivity contribution in [2.45, 2.75) is 20.7 Å². The second-order valence-electron chi connectivity index (χ2n) is 8.04. The summed E-state index contributed by atoms with van der Waals surface area (Å²) in [4.78, 5) is 25.7. The van der Waals surface area contributed by atoms with Crippen molar-refractivity contribution in [3.05, 3.63) is 86.9 Å². The number of hydrogen-bond donors (Lipinski definition) is 2. The standard InChI is InChI=1S/C24H14Cl5F3N2O2S/c25-12-7-11(8-13(26)9-12)19-20(23(19,28)29)22(36)34-15-3-6-18(27)17(10-15)21(35)33-14-1-4-16(5-2-14)37-24(30,31)32/h1-10,19-20H,(H,33,35)(H,34,36)/t19-,20+/m1/s1. The maximum absolute atomic E-state index is 13.0. The Kier molecular flexibility index (Phi) is 8.19. The Morgan fingerprint density at radius 1 is 0.838 bits per heavy atom. The van der Waals surface area contributed by atoms with Crippen LogP contribution in [0.2, 0.25) is 15.1 Å². The monoisotopic (exact) mass is 626 g/mol. The van der Waals surface area contributed by atoms with Crippen molar-refractivity contribution in [1.29, 1.82) is 0 Å². The average molecular weight is 629 g/mol. The third-order valence-corrected chi connectivity index (χ3v) is 7.85. The highest BCUT2D eigenvalue weighted by Gasteiger charge is 2.67. The maximum atomic E-state index is 13.0. The van der Waals surface area contributed by atoms with E-state index in [-0.39, 0.29) is 38.6 Å². The first kappa shape index (κ1) is 28.2. The van der Waals surface area contributed by atoms with Gasteiger partial charge in [-0.1, -0.05) is 34.8 Å². The Labute approximate surface area is 238 Å². The first-order valence-electron chi connectivity index (χ1n) is 10.4. The molecule has 0 bridgehead atoms. The van der Waals surface area contributed by atoms with Crippen LogP contribution in [0, 0.1) is 5.92 Å². The lowest BCUT2D eigenvalue weighted by molar-refractivity contribution is -0.117. The van der Waals surface area contributed by atoms with Crippen LogP contribution in [-0.2, 0) is 4.79 Å². The number of nitrogens with one attached hydrogen (secondary N) is 2. The van der Waals surface area contributed by atoms with Gasteiger partial charge >= 0.3 is 5.51 Å². The minimum Gasteiger partial charge on any atom is -0.326 e. The summed E-state index contributed by atoms with van der Waals surface area (Å²) in [6.07, 6.45) is 0. The molecule has 1 fully saturated rings. The summed E-state index contributed by atoms with van der Waals surface area (Å²) in [6, 6.07) is 14.2. The van der Waals surface area contributed by atoms with E-state index >= 15 is 0 Å². The van der Waals surface area contributed by atoms with Crippen molar-refractivity contribution >= 4 is 93.0 Å². The van der Waals surface area contributed by atoms with Crippen molar-refractivity contribution in [1.82, 2.24) is 0 Å². The highest BCUT2D eigenvalue weighted by atomic mass is 35.5. The summed E-state index contributed by atoms with van der Waals surface area (Å²) in [5.74, 6) is -2.48. The molecule has 0 spiro atoms. The number of carbonyl (C=O) groups excluding carboxylic acids is 2. The number of halogens is 8. The fourth-order valence-electron chi connectivity index (χ4n) is 3.76. The van der Waals surface area contributed by atoms with Crippen LogP contribution in [0.5, 0.6) is 0 Å². The number of thioether (sulfide) groups is 1.